The van der Waals surface area contributed by atoms with Crippen LogP contribution in [0.1, 0.15) is 15.2 Å². The summed E-state index contributed by atoms with van der Waals surface area (Å²) >= 11 is 15.9. The number of nitrogens with zero attached hydrogens (tertiary/aromatic N) is 3. The van der Waals surface area contributed by atoms with Gasteiger partial charge in [0.05, 0.1) is 21.4 Å². The molecule has 0 bridgehead atoms. The third-order valence-corrected chi connectivity index (χ3v) is 8.25. The third kappa shape index (κ3) is 3.87. The van der Waals surface area contributed by atoms with Gasteiger partial charge in [0, 0.05) is 21.9 Å². The van der Waals surface area contributed by atoms with Crippen molar-refractivity contribution in [2.45, 2.75) is 0 Å². The van der Waals surface area contributed by atoms with Crippen LogP contribution in [0.4, 0.5) is 16.6 Å². The molecule has 5 rings (SSSR count). The second-order valence-electron chi connectivity index (χ2n) is 7.02. The summed E-state index contributed by atoms with van der Waals surface area (Å²) in [6, 6.07) is 9.19. The molecule has 4 heterocycles. The van der Waals surface area contributed by atoms with Gasteiger partial charge in [-0.15, -0.1) is 22.7 Å². The van der Waals surface area contributed by atoms with E-state index in [4.69, 9.17) is 34.7 Å². The van der Waals surface area contributed by atoms with Gasteiger partial charge in [0.15, 0.2) is 5.13 Å². The molecule has 5 aromatic rings. The minimum Gasteiger partial charge on any atom is -0.397 e. The van der Waals surface area contributed by atoms with Gasteiger partial charge >= 0.3 is 0 Å². The Bertz CT molecular complexity index is 1620. The number of thiophene rings is 2. The Labute approximate surface area is 215 Å². The minimum atomic E-state index is -0.427. The van der Waals surface area contributed by atoms with Gasteiger partial charge in [0.2, 0.25) is 0 Å². The number of anilines is 3. The van der Waals surface area contributed by atoms with Crippen molar-refractivity contribution in [3.05, 3.63) is 60.9 Å². The molecule has 7 nitrogen and oxygen atoms in total. The summed E-state index contributed by atoms with van der Waals surface area (Å²) in [6.07, 6.45) is 0. The van der Waals surface area contributed by atoms with Crippen LogP contribution in [0.5, 0.6) is 0 Å². The van der Waals surface area contributed by atoms with E-state index < -0.39 is 5.91 Å². The molecular formula is C22H12Cl2N6OS3. The molecule has 0 aliphatic carbocycles. The molecule has 5 N–H and O–H groups in total. The second kappa shape index (κ2) is 8.87. The standard InChI is InChI=1S/C22H12Cl2N6OS3/c23-12-2-1-9(5-13(12)24)14-8-33-22(28-14)30-20(31)18-17(26)16-15(10-3-4-32-7-10)11(6-25)19(27)29-21(16)34-18/h1-5,7-8H,26H2,(H2,27,29)(H,28,30,31). The molecule has 168 valence electrons. The maximum absolute atomic E-state index is 13.1. The lowest BCUT2D eigenvalue weighted by atomic mass is 9.99. The molecule has 0 aliphatic heterocycles. The number of thiazole rings is 1. The summed E-state index contributed by atoms with van der Waals surface area (Å²) in [4.78, 5) is 22.7. The van der Waals surface area contributed by atoms with E-state index in [1.54, 1.807) is 23.6 Å². The summed E-state index contributed by atoms with van der Waals surface area (Å²) in [5.74, 6) is -0.334. The maximum Gasteiger partial charge on any atom is 0.269 e. The van der Waals surface area contributed by atoms with Crippen molar-refractivity contribution < 1.29 is 4.79 Å². The third-order valence-electron chi connectivity index (χ3n) is 4.97. The number of pyridine rings is 1. The molecule has 0 radical (unpaired) electrons. The van der Waals surface area contributed by atoms with Crippen LogP contribution in [0.2, 0.25) is 10.0 Å². The lowest BCUT2D eigenvalue weighted by Crippen LogP contribution is -2.11. The Morgan fingerprint density at radius 2 is 1.91 bits per heavy atom. The predicted molar refractivity (Wildman–Crippen MR) is 142 cm³/mol. The van der Waals surface area contributed by atoms with E-state index >= 15 is 0 Å². The monoisotopic (exact) mass is 542 g/mol. The van der Waals surface area contributed by atoms with Crippen LogP contribution in [0.15, 0.2) is 40.4 Å². The molecule has 12 heteroatoms. The van der Waals surface area contributed by atoms with Crippen LogP contribution in [0, 0.1) is 11.3 Å². The van der Waals surface area contributed by atoms with Gasteiger partial charge < -0.3 is 11.5 Å². The highest BCUT2D eigenvalue weighted by Crippen LogP contribution is 2.43. The molecule has 34 heavy (non-hydrogen) atoms. The minimum absolute atomic E-state index is 0.0931. The van der Waals surface area contributed by atoms with E-state index in [2.05, 4.69) is 21.4 Å². The Morgan fingerprint density at radius 1 is 1.09 bits per heavy atom. The van der Waals surface area contributed by atoms with Gasteiger partial charge in [0.1, 0.15) is 27.2 Å². The number of hydrogen-bond donors (Lipinski definition) is 3. The topological polar surface area (TPSA) is 131 Å². The smallest absolute Gasteiger partial charge is 0.269 e. The van der Waals surface area contributed by atoms with E-state index in [0.29, 0.717) is 36.7 Å². The first-order valence-electron chi connectivity index (χ1n) is 9.53. The lowest BCUT2D eigenvalue weighted by molar-refractivity contribution is 0.103. The number of rotatable bonds is 4. The van der Waals surface area contributed by atoms with Crippen molar-refractivity contribution in [1.29, 1.82) is 5.26 Å². The van der Waals surface area contributed by atoms with Crippen molar-refractivity contribution >= 4 is 90.0 Å². The van der Waals surface area contributed by atoms with E-state index in [1.807, 2.05) is 16.8 Å². The fourth-order valence-corrected chi connectivity index (χ4v) is 6.09. The first kappa shape index (κ1) is 22.6. The van der Waals surface area contributed by atoms with Crippen molar-refractivity contribution in [2.24, 2.45) is 0 Å². The van der Waals surface area contributed by atoms with Crippen LogP contribution >= 0.6 is 57.2 Å². The Kier molecular flexibility index (Phi) is 5.89. The number of carbonyl (C=O) groups excluding carboxylic acids is 1. The number of aromatic nitrogens is 2. The largest absolute Gasteiger partial charge is 0.397 e. The molecule has 0 saturated heterocycles. The number of nitrogens with two attached hydrogens (primary N) is 2. The fourth-order valence-electron chi connectivity index (χ4n) is 3.42. The average molecular weight is 543 g/mol. The zero-order valence-corrected chi connectivity index (χ0v) is 20.9. The predicted octanol–water partition coefficient (Wildman–Crippen LogP) is 6.74. The maximum atomic E-state index is 13.1. The summed E-state index contributed by atoms with van der Waals surface area (Å²) in [5, 5.41) is 19.9. The number of nitrogens with one attached hydrogen (secondary N) is 1. The van der Waals surface area contributed by atoms with Gasteiger partial charge in [-0.1, -0.05) is 29.3 Å². The molecule has 4 aromatic heterocycles. The molecular weight excluding hydrogens is 531 g/mol. The van der Waals surface area contributed by atoms with Crippen LogP contribution < -0.4 is 16.8 Å². The highest BCUT2D eigenvalue weighted by atomic mass is 35.5. The summed E-state index contributed by atoms with van der Waals surface area (Å²) < 4.78 is 0. The quantitative estimate of drug-likeness (QED) is 0.230. The Morgan fingerprint density at radius 3 is 2.62 bits per heavy atom. The number of halogens is 2. The number of hydrogen-bond acceptors (Lipinski definition) is 9. The van der Waals surface area contributed by atoms with Crippen LogP contribution in [0.3, 0.4) is 0 Å². The highest BCUT2D eigenvalue weighted by molar-refractivity contribution is 7.21. The van der Waals surface area contributed by atoms with E-state index in [0.717, 1.165) is 22.5 Å². The molecule has 1 amide bonds. The van der Waals surface area contributed by atoms with Crippen molar-refractivity contribution in [1.82, 2.24) is 9.97 Å². The van der Waals surface area contributed by atoms with Crippen LogP contribution in [0.25, 0.3) is 32.6 Å². The first-order chi connectivity index (χ1) is 16.4. The van der Waals surface area contributed by atoms with E-state index in [9.17, 15) is 10.1 Å². The molecule has 0 aliphatic rings. The normalized spacial score (nSPS) is 11.0. The van der Waals surface area contributed by atoms with Crippen molar-refractivity contribution in [2.75, 3.05) is 16.8 Å². The lowest BCUT2D eigenvalue weighted by Gasteiger charge is -2.07. The Balaban J connectivity index is 1.52. The van der Waals surface area contributed by atoms with Gasteiger partial charge in [-0.3, -0.25) is 10.1 Å². The highest BCUT2D eigenvalue weighted by Gasteiger charge is 2.25. The van der Waals surface area contributed by atoms with Crippen molar-refractivity contribution in [3.8, 4) is 28.5 Å². The molecule has 0 fully saturated rings. The SMILES string of the molecule is N#Cc1c(N)nc2sc(C(=O)Nc3nc(-c4ccc(Cl)c(Cl)c4)cs3)c(N)c2c1-c1ccsc1. The molecule has 0 saturated carbocycles. The molecule has 0 atom stereocenters. The average Bonchev–Trinajstić information content (AvgIpc) is 3.56. The molecule has 1 aromatic carbocycles. The number of nitrogen functional groups attached to an aromatic ring is 2. The zero-order valence-electron chi connectivity index (χ0n) is 16.9. The summed E-state index contributed by atoms with van der Waals surface area (Å²) in [7, 11) is 0. The van der Waals surface area contributed by atoms with Gasteiger partial charge in [-0.2, -0.15) is 16.6 Å². The fraction of sp³-hybridized carbons (Fsp3) is 0. The zero-order chi connectivity index (χ0) is 24.0. The van der Waals surface area contributed by atoms with Gasteiger partial charge in [-0.25, -0.2) is 9.97 Å². The van der Waals surface area contributed by atoms with Gasteiger partial charge in [-0.05, 0) is 34.5 Å². The van der Waals surface area contributed by atoms with Gasteiger partial charge in [0.25, 0.3) is 5.91 Å². The summed E-state index contributed by atoms with van der Waals surface area (Å²) in [6.45, 7) is 0. The first-order valence-corrected chi connectivity index (χ1v) is 12.9. The molecule has 0 spiro atoms. The Hall–Kier alpha value is -3.20. The number of carbonyl (C=O) groups is 1. The number of benzene rings is 1. The van der Waals surface area contributed by atoms with Crippen molar-refractivity contribution in [3.63, 3.8) is 0 Å². The number of nitriles is 1. The number of fused-ring (bicyclic) bond motifs is 1. The van der Waals surface area contributed by atoms with Crippen LogP contribution in [-0.4, -0.2) is 15.9 Å². The molecule has 0 unspecified atom stereocenters. The summed E-state index contributed by atoms with van der Waals surface area (Å²) in [5.41, 5.74) is 15.7. The number of amides is 1. The van der Waals surface area contributed by atoms with E-state index in [-0.39, 0.29) is 21.9 Å². The van der Waals surface area contributed by atoms with E-state index in [1.165, 1.54) is 22.7 Å². The second-order valence-corrected chi connectivity index (χ2v) is 10.5. The van der Waals surface area contributed by atoms with Crippen LogP contribution in [-0.2, 0) is 0 Å².